The zero-order valence-electron chi connectivity index (χ0n) is 8.98. The number of methoxy groups -OCH3 is 1. The third-order valence-electron chi connectivity index (χ3n) is 2.49. The second-order valence-electron chi connectivity index (χ2n) is 3.55. The van der Waals surface area contributed by atoms with Gasteiger partial charge in [0.05, 0.1) is 26.9 Å². The van der Waals surface area contributed by atoms with Gasteiger partial charge in [-0.15, -0.1) is 0 Å². The summed E-state index contributed by atoms with van der Waals surface area (Å²) in [6, 6.07) is 8.08. The second-order valence-corrected chi connectivity index (χ2v) is 3.55. The first-order chi connectivity index (χ1) is 7.38. The predicted molar refractivity (Wildman–Crippen MR) is 58.8 cm³/mol. The minimum Gasteiger partial charge on any atom is -0.497 e. The lowest BCUT2D eigenvalue weighted by atomic mass is 10.2. The Kier molecular flexibility index (Phi) is 3.59. The molecular weight excluding hydrogens is 190 g/mol. The number of hydrogen-bond acceptors (Lipinski definition) is 3. The van der Waals surface area contributed by atoms with Crippen LogP contribution in [0.1, 0.15) is 5.56 Å². The molecule has 0 N–H and O–H groups in total. The molecule has 1 radical (unpaired) electrons. The van der Waals surface area contributed by atoms with E-state index >= 15 is 0 Å². The van der Waals surface area contributed by atoms with E-state index in [9.17, 15) is 0 Å². The van der Waals surface area contributed by atoms with Crippen LogP contribution in [0.25, 0.3) is 0 Å². The molecule has 0 atom stereocenters. The van der Waals surface area contributed by atoms with Crippen molar-refractivity contribution in [2.75, 3.05) is 33.4 Å². The van der Waals surface area contributed by atoms with Gasteiger partial charge in [0.2, 0.25) is 0 Å². The van der Waals surface area contributed by atoms with Gasteiger partial charge in [-0.1, -0.05) is 12.1 Å². The number of hydrogen-bond donors (Lipinski definition) is 0. The average Bonchev–Trinajstić information content (AvgIpc) is 2.31. The molecule has 0 aliphatic carbocycles. The van der Waals surface area contributed by atoms with Crippen LogP contribution < -0.4 is 4.74 Å². The molecule has 1 aromatic carbocycles. The van der Waals surface area contributed by atoms with Gasteiger partial charge in [-0.2, -0.15) is 0 Å². The second kappa shape index (κ2) is 5.14. The molecule has 0 aromatic heterocycles. The molecule has 1 saturated heterocycles. The van der Waals surface area contributed by atoms with Crippen molar-refractivity contribution in [3.8, 4) is 5.75 Å². The highest BCUT2D eigenvalue weighted by atomic mass is 16.5. The van der Waals surface area contributed by atoms with E-state index in [1.165, 1.54) is 5.56 Å². The lowest BCUT2D eigenvalue weighted by Crippen LogP contribution is -2.34. The van der Waals surface area contributed by atoms with Gasteiger partial charge in [0.15, 0.2) is 0 Å². The highest BCUT2D eigenvalue weighted by molar-refractivity contribution is 5.30. The molecule has 1 heterocycles. The molecule has 0 bridgehead atoms. The maximum Gasteiger partial charge on any atom is 0.118 e. The van der Waals surface area contributed by atoms with Crippen molar-refractivity contribution in [2.24, 2.45) is 0 Å². The molecule has 1 aromatic rings. The van der Waals surface area contributed by atoms with Gasteiger partial charge in [0.25, 0.3) is 0 Å². The van der Waals surface area contributed by atoms with E-state index in [1.54, 1.807) is 7.11 Å². The highest BCUT2D eigenvalue weighted by Gasteiger charge is 2.10. The van der Waals surface area contributed by atoms with Crippen LogP contribution in [0, 0.1) is 6.54 Å². The molecule has 1 fully saturated rings. The molecule has 3 heteroatoms. The summed E-state index contributed by atoms with van der Waals surface area (Å²) in [4.78, 5) is 2.28. The normalized spacial score (nSPS) is 17.7. The van der Waals surface area contributed by atoms with Crippen LogP contribution >= 0.6 is 0 Å². The molecule has 0 unspecified atom stereocenters. The van der Waals surface area contributed by atoms with Crippen LogP contribution in [0.15, 0.2) is 24.3 Å². The van der Waals surface area contributed by atoms with Crippen molar-refractivity contribution < 1.29 is 9.47 Å². The van der Waals surface area contributed by atoms with Gasteiger partial charge in [-0.25, -0.2) is 0 Å². The van der Waals surface area contributed by atoms with Crippen LogP contribution in [0.3, 0.4) is 0 Å². The van der Waals surface area contributed by atoms with Crippen LogP contribution in [-0.2, 0) is 4.74 Å². The summed E-state index contributed by atoms with van der Waals surface area (Å²) in [5.41, 5.74) is 1.21. The van der Waals surface area contributed by atoms with Crippen LogP contribution in [-0.4, -0.2) is 38.3 Å². The molecule has 0 saturated carbocycles. The smallest absolute Gasteiger partial charge is 0.118 e. The van der Waals surface area contributed by atoms with Crippen molar-refractivity contribution >= 4 is 0 Å². The van der Waals surface area contributed by atoms with Crippen molar-refractivity contribution in [1.29, 1.82) is 0 Å². The number of rotatable bonds is 3. The Morgan fingerprint density at radius 1 is 1.20 bits per heavy atom. The van der Waals surface area contributed by atoms with Crippen molar-refractivity contribution in [3.05, 3.63) is 36.4 Å². The molecule has 3 nitrogen and oxygen atoms in total. The van der Waals surface area contributed by atoms with E-state index in [2.05, 4.69) is 23.6 Å². The van der Waals surface area contributed by atoms with E-state index < -0.39 is 0 Å². The summed E-state index contributed by atoms with van der Waals surface area (Å²) in [5, 5.41) is 0. The predicted octanol–water partition coefficient (Wildman–Crippen LogP) is 1.54. The maximum atomic E-state index is 5.29. The molecule has 0 spiro atoms. The van der Waals surface area contributed by atoms with Gasteiger partial charge < -0.3 is 9.47 Å². The molecule has 81 valence electrons. The first kappa shape index (κ1) is 10.5. The Labute approximate surface area is 90.6 Å². The van der Waals surface area contributed by atoms with E-state index in [-0.39, 0.29) is 0 Å². The van der Waals surface area contributed by atoms with Gasteiger partial charge in [-0.05, 0) is 17.7 Å². The van der Waals surface area contributed by atoms with E-state index in [0.29, 0.717) is 0 Å². The number of nitrogens with zero attached hydrogens (tertiary/aromatic N) is 1. The number of morpholine rings is 1. The van der Waals surface area contributed by atoms with E-state index in [1.807, 2.05) is 12.1 Å². The van der Waals surface area contributed by atoms with Crippen molar-refractivity contribution in [2.45, 2.75) is 0 Å². The number of benzene rings is 1. The quantitative estimate of drug-likeness (QED) is 0.748. The minimum absolute atomic E-state index is 0.826. The maximum absolute atomic E-state index is 5.29. The monoisotopic (exact) mass is 206 g/mol. The Morgan fingerprint density at radius 3 is 2.47 bits per heavy atom. The SMILES string of the molecule is COc1ccc([CH]N2CCOCC2)cc1. The van der Waals surface area contributed by atoms with Crippen LogP contribution in [0.4, 0.5) is 0 Å². The topological polar surface area (TPSA) is 21.7 Å². The van der Waals surface area contributed by atoms with E-state index in [0.717, 1.165) is 32.1 Å². The average molecular weight is 206 g/mol. The largest absolute Gasteiger partial charge is 0.497 e. The molecule has 1 aliphatic heterocycles. The standard InChI is InChI=1S/C12H16NO2/c1-14-12-4-2-11(3-5-12)10-13-6-8-15-9-7-13/h2-5,10H,6-9H2,1H3. The molecule has 15 heavy (non-hydrogen) atoms. The highest BCUT2D eigenvalue weighted by Crippen LogP contribution is 2.14. The zero-order valence-corrected chi connectivity index (χ0v) is 8.98. The van der Waals surface area contributed by atoms with Crippen molar-refractivity contribution in [1.82, 2.24) is 4.90 Å². The van der Waals surface area contributed by atoms with Crippen molar-refractivity contribution in [3.63, 3.8) is 0 Å². The van der Waals surface area contributed by atoms with Crippen LogP contribution in [0.2, 0.25) is 0 Å². The fourth-order valence-electron chi connectivity index (χ4n) is 1.61. The Bertz CT molecular complexity index is 291. The first-order valence-electron chi connectivity index (χ1n) is 5.19. The van der Waals surface area contributed by atoms with E-state index in [4.69, 9.17) is 9.47 Å². The fourth-order valence-corrected chi connectivity index (χ4v) is 1.61. The number of ether oxygens (including phenoxy) is 2. The Balaban J connectivity index is 1.91. The summed E-state index contributed by atoms with van der Waals surface area (Å²) in [6.45, 7) is 5.78. The molecule has 0 amide bonds. The minimum atomic E-state index is 0.826. The summed E-state index contributed by atoms with van der Waals surface area (Å²) in [5.74, 6) is 0.897. The zero-order chi connectivity index (χ0) is 10.5. The van der Waals surface area contributed by atoms with Gasteiger partial charge in [-0.3, -0.25) is 4.90 Å². The third kappa shape index (κ3) is 2.94. The lowest BCUT2D eigenvalue weighted by molar-refractivity contribution is 0.0532. The van der Waals surface area contributed by atoms with Crippen LogP contribution in [0.5, 0.6) is 5.75 Å². The summed E-state index contributed by atoms with van der Waals surface area (Å²) < 4.78 is 10.4. The fraction of sp³-hybridized carbons (Fsp3) is 0.417. The Hall–Kier alpha value is -1.06. The third-order valence-corrected chi connectivity index (χ3v) is 2.49. The first-order valence-corrected chi connectivity index (χ1v) is 5.19. The van der Waals surface area contributed by atoms with Gasteiger partial charge >= 0.3 is 0 Å². The summed E-state index contributed by atoms with van der Waals surface area (Å²) in [6.07, 6.45) is 0. The van der Waals surface area contributed by atoms with Gasteiger partial charge in [0, 0.05) is 13.1 Å². The summed E-state index contributed by atoms with van der Waals surface area (Å²) in [7, 11) is 1.68. The summed E-state index contributed by atoms with van der Waals surface area (Å²) >= 11 is 0. The molecular formula is C12H16NO2. The lowest BCUT2D eigenvalue weighted by Gasteiger charge is -2.26. The Morgan fingerprint density at radius 2 is 1.87 bits per heavy atom. The molecule has 1 aliphatic rings. The van der Waals surface area contributed by atoms with Gasteiger partial charge in [0.1, 0.15) is 5.75 Å². The molecule has 2 rings (SSSR count).